The lowest BCUT2D eigenvalue weighted by Gasteiger charge is -2.42. The second-order valence-corrected chi connectivity index (χ2v) is 8.59. The van der Waals surface area contributed by atoms with E-state index in [0.29, 0.717) is 25.5 Å². The van der Waals surface area contributed by atoms with Crippen LogP contribution in [0.3, 0.4) is 0 Å². The molecule has 0 bridgehead atoms. The summed E-state index contributed by atoms with van der Waals surface area (Å²) in [5.74, 6) is 0.550. The summed E-state index contributed by atoms with van der Waals surface area (Å²) >= 11 is 0. The molecule has 0 saturated heterocycles. The summed E-state index contributed by atoms with van der Waals surface area (Å²) < 4.78 is 37.0. The van der Waals surface area contributed by atoms with E-state index in [-0.39, 0.29) is 12.1 Å². The maximum atomic E-state index is 14.9. The van der Waals surface area contributed by atoms with Gasteiger partial charge in [0.25, 0.3) is 0 Å². The van der Waals surface area contributed by atoms with E-state index < -0.39 is 23.3 Å². The van der Waals surface area contributed by atoms with Gasteiger partial charge in [0.15, 0.2) is 5.82 Å². The molecule has 0 saturated carbocycles. The second kappa shape index (κ2) is 9.16. The first-order valence-electron chi connectivity index (χ1n) is 11.2. The number of hydrogen-bond donors (Lipinski definition) is 1. The monoisotopic (exact) mass is 481 g/mol. The van der Waals surface area contributed by atoms with Crippen molar-refractivity contribution in [2.24, 2.45) is 0 Å². The Kier molecular flexibility index (Phi) is 6.03. The molecule has 0 radical (unpaired) electrons. The molecule has 9 nitrogen and oxygen atoms in total. The average Bonchev–Trinajstić information content (AvgIpc) is 3.52. The molecule has 11 heteroatoms. The van der Waals surface area contributed by atoms with Crippen molar-refractivity contribution in [3.8, 4) is 17.1 Å². The lowest BCUT2D eigenvalue weighted by atomic mass is 9.85. The van der Waals surface area contributed by atoms with Gasteiger partial charge in [-0.3, -0.25) is 4.90 Å². The molecular weight excluding hydrogens is 456 g/mol. The SMILES string of the molecule is COc1ccc(-c2nc3n(n2)CCN(C(C)C(O)(Cn2cncn2)c2ccc(F)cc2F)C3)cc1. The Morgan fingerprint density at radius 2 is 1.94 bits per heavy atom. The standard InChI is InChI=1S/C24H25F2N7O2/c1-16(24(34,13-32-15-27-14-28-32)20-8-5-18(25)11-21(20)26)31-9-10-33-22(12-31)29-23(30-33)17-3-6-19(35-2)7-4-17/h3-8,11,14-16,34H,9-10,12-13H2,1-2H3. The van der Waals surface area contributed by atoms with E-state index in [0.717, 1.165) is 29.3 Å². The summed E-state index contributed by atoms with van der Waals surface area (Å²) in [4.78, 5) is 10.6. The molecule has 2 aromatic carbocycles. The molecule has 1 aliphatic rings. The van der Waals surface area contributed by atoms with E-state index in [2.05, 4.69) is 15.2 Å². The third-order valence-corrected chi connectivity index (χ3v) is 6.55. The molecule has 182 valence electrons. The number of benzene rings is 2. The highest BCUT2D eigenvalue weighted by atomic mass is 19.1. The summed E-state index contributed by atoms with van der Waals surface area (Å²) in [7, 11) is 1.61. The Hall–Kier alpha value is -3.70. The fourth-order valence-corrected chi connectivity index (χ4v) is 4.49. The zero-order valence-electron chi connectivity index (χ0n) is 19.3. The summed E-state index contributed by atoms with van der Waals surface area (Å²) in [6, 6.07) is 10.1. The predicted molar refractivity (Wildman–Crippen MR) is 122 cm³/mol. The van der Waals surface area contributed by atoms with Gasteiger partial charge in [0.2, 0.25) is 0 Å². The van der Waals surface area contributed by atoms with Crippen LogP contribution < -0.4 is 4.74 Å². The highest BCUT2D eigenvalue weighted by Gasteiger charge is 2.43. The molecule has 1 aliphatic heterocycles. The van der Waals surface area contributed by atoms with Crippen LogP contribution in [-0.4, -0.2) is 59.2 Å². The maximum Gasteiger partial charge on any atom is 0.181 e. The fraction of sp³-hybridized carbons (Fsp3) is 0.333. The smallest absolute Gasteiger partial charge is 0.181 e. The van der Waals surface area contributed by atoms with Crippen LogP contribution in [0.1, 0.15) is 18.3 Å². The number of aliphatic hydroxyl groups is 1. The summed E-state index contributed by atoms with van der Waals surface area (Å²) in [6.45, 7) is 3.26. The van der Waals surface area contributed by atoms with Crippen LogP contribution >= 0.6 is 0 Å². The van der Waals surface area contributed by atoms with Crippen molar-refractivity contribution in [3.63, 3.8) is 0 Å². The molecule has 2 atom stereocenters. The predicted octanol–water partition coefficient (Wildman–Crippen LogP) is 2.62. The molecule has 35 heavy (non-hydrogen) atoms. The van der Waals surface area contributed by atoms with Gasteiger partial charge >= 0.3 is 0 Å². The number of rotatable bonds is 7. The zero-order valence-corrected chi connectivity index (χ0v) is 19.3. The second-order valence-electron chi connectivity index (χ2n) is 8.59. The van der Waals surface area contributed by atoms with E-state index in [1.165, 1.54) is 23.4 Å². The van der Waals surface area contributed by atoms with Gasteiger partial charge in [-0.2, -0.15) is 10.2 Å². The maximum absolute atomic E-state index is 14.9. The molecule has 5 rings (SSSR count). The van der Waals surface area contributed by atoms with Crippen LogP contribution in [0.4, 0.5) is 8.78 Å². The largest absolute Gasteiger partial charge is 0.497 e. The molecule has 0 amide bonds. The van der Waals surface area contributed by atoms with Crippen molar-refractivity contribution in [2.75, 3.05) is 13.7 Å². The van der Waals surface area contributed by atoms with Crippen molar-refractivity contribution in [1.29, 1.82) is 0 Å². The Labute approximate surface area is 200 Å². The van der Waals surface area contributed by atoms with E-state index in [1.54, 1.807) is 7.11 Å². The molecule has 2 aromatic heterocycles. The average molecular weight is 482 g/mol. The minimum absolute atomic E-state index is 0.00661. The number of hydrogen-bond acceptors (Lipinski definition) is 7. The molecule has 3 heterocycles. The Bertz CT molecular complexity index is 1310. The zero-order chi connectivity index (χ0) is 24.6. The number of nitrogens with zero attached hydrogens (tertiary/aromatic N) is 7. The van der Waals surface area contributed by atoms with Crippen molar-refractivity contribution in [2.45, 2.75) is 38.2 Å². The summed E-state index contributed by atoms with van der Waals surface area (Å²) in [5.41, 5.74) is -0.858. The highest BCUT2D eigenvalue weighted by Crippen LogP contribution is 2.34. The Morgan fingerprint density at radius 1 is 1.14 bits per heavy atom. The molecule has 0 fully saturated rings. The van der Waals surface area contributed by atoms with Crippen molar-refractivity contribution in [3.05, 3.63) is 78.1 Å². The normalized spacial score (nSPS) is 16.5. The van der Waals surface area contributed by atoms with Gasteiger partial charge in [-0.1, -0.05) is 6.07 Å². The quantitative estimate of drug-likeness (QED) is 0.434. The first kappa shape index (κ1) is 23.1. The molecular formula is C24H25F2N7O2. The van der Waals surface area contributed by atoms with Crippen molar-refractivity contribution < 1.29 is 18.6 Å². The Balaban J connectivity index is 1.44. The highest BCUT2D eigenvalue weighted by molar-refractivity contribution is 5.56. The van der Waals surface area contributed by atoms with Crippen LogP contribution in [0.5, 0.6) is 5.75 Å². The molecule has 0 aliphatic carbocycles. The lowest BCUT2D eigenvalue weighted by molar-refractivity contribution is -0.0714. The molecule has 4 aromatic rings. The van der Waals surface area contributed by atoms with Gasteiger partial charge in [-0.25, -0.2) is 28.1 Å². The van der Waals surface area contributed by atoms with Crippen LogP contribution in [0, 0.1) is 11.6 Å². The topological polar surface area (TPSA) is 94.1 Å². The van der Waals surface area contributed by atoms with E-state index in [9.17, 15) is 13.9 Å². The third kappa shape index (κ3) is 4.40. The molecule has 1 N–H and O–H groups in total. The third-order valence-electron chi connectivity index (χ3n) is 6.55. The number of fused-ring (bicyclic) bond motifs is 1. The van der Waals surface area contributed by atoms with Gasteiger partial charge in [-0.15, -0.1) is 0 Å². The number of aromatic nitrogens is 6. The number of ether oxygens (including phenoxy) is 1. The van der Waals surface area contributed by atoms with Crippen molar-refractivity contribution >= 4 is 0 Å². The van der Waals surface area contributed by atoms with Crippen LogP contribution in [0.15, 0.2) is 55.1 Å². The van der Waals surface area contributed by atoms with Crippen LogP contribution in [0.2, 0.25) is 0 Å². The van der Waals surface area contributed by atoms with Gasteiger partial charge in [-0.05, 0) is 37.3 Å². The molecule has 0 spiro atoms. The van der Waals surface area contributed by atoms with Gasteiger partial charge in [0.05, 0.1) is 26.7 Å². The van der Waals surface area contributed by atoms with Crippen LogP contribution in [0.25, 0.3) is 11.4 Å². The summed E-state index contributed by atoms with van der Waals surface area (Å²) in [6.07, 6.45) is 2.79. The Morgan fingerprint density at radius 3 is 2.63 bits per heavy atom. The summed E-state index contributed by atoms with van der Waals surface area (Å²) in [5, 5.41) is 20.6. The van der Waals surface area contributed by atoms with E-state index in [4.69, 9.17) is 9.72 Å². The number of halogens is 2. The van der Waals surface area contributed by atoms with E-state index in [1.807, 2.05) is 40.8 Å². The number of methoxy groups -OCH3 is 1. The van der Waals surface area contributed by atoms with Gasteiger partial charge < -0.3 is 9.84 Å². The first-order valence-corrected chi connectivity index (χ1v) is 11.2. The van der Waals surface area contributed by atoms with Gasteiger partial charge in [0.1, 0.15) is 41.5 Å². The fourth-order valence-electron chi connectivity index (χ4n) is 4.49. The van der Waals surface area contributed by atoms with Crippen molar-refractivity contribution in [1.82, 2.24) is 34.4 Å². The van der Waals surface area contributed by atoms with Gasteiger partial charge in [0, 0.05) is 29.8 Å². The minimum Gasteiger partial charge on any atom is -0.497 e. The van der Waals surface area contributed by atoms with E-state index >= 15 is 0 Å². The molecule has 2 unspecified atom stereocenters. The van der Waals surface area contributed by atoms with Crippen LogP contribution in [-0.2, 0) is 25.2 Å². The lowest BCUT2D eigenvalue weighted by Crippen LogP contribution is -2.53. The first-order chi connectivity index (χ1) is 16.9. The minimum atomic E-state index is -1.72.